The van der Waals surface area contributed by atoms with Crippen molar-refractivity contribution in [2.75, 3.05) is 24.5 Å². The second-order valence-electron chi connectivity index (χ2n) is 7.99. The topological polar surface area (TPSA) is 40.6 Å². The van der Waals surface area contributed by atoms with Crippen LogP contribution in [-0.2, 0) is 11.2 Å². The van der Waals surface area contributed by atoms with Gasteiger partial charge in [-0.1, -0.05) is 54.6 Å². The van der Waals surface area contributed by atoms with E-state index in [2.05, 4.69) is 6.07 Å². The number of amides is 2. The van der Waals surface area contributed by atoms with E-state index in [1.165, 1.54) is 5.56 Å². The highest BCUT2D eigenvalue weighted by atomic mass is 16.2. The molecule has 0 aromatic heterocycles. The summed E-state index contributed by atoms with van der Waals surface area (Å²) in [6.07, 6.45) is 2.62. The summed E-state index contributed by atoms with van der Waals surface area (Å²) in [6, 6.07) is 22.0. The van der Waals surface area contributed by atoms with E-state index in [9.17, 15) is 9.59 Å². The first kappa shape index (κ1) is 17.9. The number of fused-ring (bicyclic) bond motifs is 2. The van der Waals surface area contributed by atoms with Gasteiger partial charge in [0.05, 0.1) is 5.92 Å². The van der Waals surface area contributed by atoms with E-state index in [4.69, 9.17) is 0 Å². The number of rotatable bonds is 2. The number of likely N-dealkylation sites (tertiary alicyclic amines) is 1. The number of para-hydroxylation sites is 1. The molecule has 0 N–H and O–H groups in total. The third-order valence-corrected chi connectivity index (χ3v) is 6.23. The molecule has 1 unspecified atom stereocenters. The van der Waals surface area contributed by atoms with Crippen molar-refractivity contribution in [1.29, 1.82) is 0 Å². The zero-order valence-electron chi connectivity index (χ0n) is 16.4. The SMILES string of the molecule is O=C(c1cccc2ccccc12)N1CCCC(C(=O)N2CCc3ccccc32)C1. The number of anilines is 1. The minimum absolute atomic E-state index is 0.0288. The Labute approximate surface area is 170 Å². The number of carbonyl (C=O) groups excluding carboxylic acids is 2. The molecule has 4 nitrogen and oxygen atoms in total. The van der Waals surface area contributed by atoms with E-state index >= 15 is 0 Å². The Balaban J connectivity index is 1.37. The summed E-state index contributed by atoms with van der Waals surface area (Å²) >= 11 is 0. The maximum atomic E-state index is 13.3. The monoisotopic (exact) mass is 384 g/mol. The summed E-state index contributed by atoms with van der Waals surface area (Å²) in [5.41, 5.74) is 3.00. The highest BCUT2D eigenvalue weighted by Gasteiger charge is 2.34. The molecule has 2 aliphatic heterocycles. The molecule has 2 aliphatic rings. The molecule has 146 valence electrons. The quantitative estimate of drug-likeness (QED) is 0.662. The molecular weight excluding hydrogens is 360 g/mol. The van der Waals surface area contributed by atoms with E-state index in [0.29, 0.717) is 13.1 Å². The van der Waals surface area contributed by atoms with Gasteiger partial charge in [0, 0.05) is 30.9 Å². The molecule has 0 spiro atoms. The van der Waals surface area contributed by atoms with Gasteiger partial charge in [0.25, 0.3) is 5.91 Å². The molecule has 4 heteroatoms. The molecule has 5 rings (SSSR count). The molecular formula is C25H24N2O2. The minimum atomic E-state index is -0.131. The standard InChI is InChI=1S/C25H24N2O2/c28-24(27-16-14-19-8-2-4-13-23(19)27)20-10-6-15-26(17-20)25(29)22-12-5-9-18-7-1-3-11-21(18)22/h1-5,7-9,11-13,20H,6,10,14-17H2. The Morgan fingerprint density at radius 3 is 2.59 bits per heavy atom. The predicted molar refractivity (Wildman–Crippen MR) is 115 cm³/mol. The Morgan fingerprint density at radius 1 is 0.862 bits per heavy atom. The zero-order valence-corrected chi connectivity index (χ0v) is 16.4. The molecule has 1 atom stereocenters. The molecule has 0 radical (unpaired) electrons. The normalized spacial score (nSPS) is 18.7. The van der Waals surface area contributed by atoms with Gasteiger partial charge in [-0.3, -0.25) is 9.59 Å². The Bertz CT molecular complexity index is 1090. The number of carbonyl (C=O) groups is 2. The highest BCUT2D eigenvalue weighted by Crippen LogP contribution is 2.31. The first-order valence-electron chi connectivity index (χ1n) is 10.4. The highest BCUT2D eigenvalue weighted by molar-refractivity contribution is 6.07. The third kappa shape index (κ3) is 3.19. The molecule has 1 saturated heterocycles. The molecule has 3 aromatic carbocycles. The van der Waals surface area contributed by atoms with Crippen molar-refractivity contribution in [3.05, 3.63) is 77.9 Å². The second-order valence-corrected chi connectivity index (χ2v) is 7.99. The summed E-state index contributed by atoms with van der Waals surface area (Å²) in [5.74, 6) is 0.0559. The van der Waals surface area contributed by atoms with Gasteiger partial charge in [0.15, 0.2) is 0 Å². The fraction of sp³-hybridized carbons (Fsp3) is 0.280. The number of nitrogens with zero attached hydrogens (tertiary/aromatic N) is 2. The van der Waals surface area contributed by atoms with Crippen molar-refractivity contribution in [1.82, 2.24) is 4.90 Å². The smallest absolute Gasteiger partial charge is 0.254 e. The maximum Gasteiger partial charge on any atom is 0.254 e. The summed E-state index contributed by atoms with van der Waals surface area (Å²) in [7, 11) is 0. The lowest BCUT2D eigenvalue weighted by molar-refractivity contribution is -0.123. The average Bonchev–Trinajstić information content (AvgIpc) is 3.22. The van der Waals surface area contributed by atoms with Gasteiger partial charge in [0.2, 0.25) is 5.91 Å². The van der Waals surface area contributed by atoms with Gasteiger partial charge in [-0.2, -0.15) is 0 Å². The van der Waals surface area contributed by atoms with Crippen molar-refractivity contribution in [2.45, 2.75) is 19.3 Å². The summed E-state index contributed by atoms with van der Waals surface area (Å²) in [4.78, 5) is 30.4. The van der Waals surface area contributed by atoms with Crippen LogP contribution in [0.3, 0.4) is 0 Å². The summed E-state index contributed by atoms with van der Waals surface area (Å²) in [6.45, 7) is 1.95. The molecule has 0 bridgehead atoms. The Kier molecular flexibility index (Phi) is 4.55. The van der Waals surface area contributed by atoms with Crippen LogP contribution >= 0.6 is 0 Å². The van der Waals surface area contributed by atoms with E-state index in [1.54, 1.807) is 0 Å². The first-order valence-corrected chi connectivity index (χ1v) is 10.4. The summed E-state index contributed by atoms with van der Waals surface area (Å²) in [5, 5.41) is 2.04. The number of benzene rings is 3. The van der Waals surface area contributed by atoms with Gasteiger partial charge in [-0.15, -0.1) is 0 Å². The van der Waals surface area contributed by atoms with Crippen LogP contribution in [0.4, 0.5) is 5.69 Å². The average molecular weight is 384 g/mol. The fourth-order valence-electron chi connectivity index (χ4n) is 4.73. The second kappa shape index (κ2) is 7.36. The lowest BCUT2D eigenvalue weighted by Gasteiger charge is -2.34. The minimum Gasteiger partial charge on any atom is -0.338 e. The number of hydrogen-bond acceptors (Lipinski definition) is 2. The molecule has 2 amide bonds. The Hall–Kier alpha value is -3.14. The van der Waals surface area contributed by atoms with Crippen LogP contribution in [0.15, 0.2) is 66.7 Å². The molecule has 0 aliphatic carbocycles. The van der Waals surface area contributed by atoms with Crippen molar-refractivity contribution >= 4 is 28.3 Å². The fourth-order valence-corrected chi connectivity index (χ4v) is 4.73. The Morgan fingerprint density at radius 2 is 1.66 bits per heavy atom. The number of piperidine rings is 1. The van der Waals surface area contributed by atoms with E-state index < -0.39 is 0 Å². The number of hydrogen-bond donors (Lipinski definition) is 0. The van der Waals surface area contributed by atoms with Crippen LogP contribution in [0.25, 0.3) is 10.8 Å². The van der Waals surface area contributed by atoms with E-state index in [1.807, 2.05) is 70.5 Å². The lowest BCUT2D eigenvalue weighted by atomic mass is 9.95. The zero-order chi connectivity index (χ0) is 19.8. The molecule has 29 heavy (non-hydrogen) atoms. The predicted octanol–water partition coefficient (Wildman–Crippen LogP) is 4.28. The summed E-state index contributed by atoms with van der Waals surface area (Å²) < 4.78 is 0. The van der Waals surface area contributed by atoms with Crippen LogP contribution in [-0.4, -0.2) is 36.3 Å². The van der Waals surface area contributed by atoms with Gasteiger partial charge in [-0.05, 0) is 47.7 Å². The maximum absolute atomic E-state index is 13.3. The van der Waals surface area contributed by atoms with Gasteiger partial charge in [-0.25, -0.2) is 0 Å². The van der Waals surface area contributed by atoms with E-state index in [-0.39, 0.29) is 17.7 Å². The van der Waals surface area contributed by atoms with E-state index in [0.717, 1.165) is 47.8 Å². The first-order chi connectivity index (χ1) is 14.2. The molecule has 3 aromatic rings. The van der Waals surface area contributed by atoms with Crippen molar-refractivity contribution in [3.63, 3.8) is 0 Å². The van der Waals surface area contributed by atoms with Crippen LogP contribution in [0.5, 0.6) is 0 Å². The van der Waals surface area contributed by atoms with Crippen molar-refractivity contribution in [2.24, 2.45) is 5.92 Å². The van der Waals surface area contributed by atoms with Crippen LogP contribution in [0.2, 0.25) is 0 Å². The third-order valence-electron chi connectivity index (χ3n) is 6.23. The van der Waals surface area contributed by atoms with Crippen molar-refractivity contribution < 1.29 is 9.59 Å². The van der Waals surface area contributed by atoms with Crippen LogP contribution in [0.1, 0.15) is 28.8 Å². The van der Waals surface area contributed by atoms with Gasteiger partial charge >= 0.3 is 0 Å². The molecule has 2 heterocycles. The van der Waals surface area contributed by atoms with Crippen LogP contribution < -0.4 is 4.90 Å². The van der Waals surface area contributed by atoms with Gasteiger partial charge < -0.3 is 9.80 Å². The van der Waals surface area contributed by atoms with Crippen LogP contribution in [0, 0.1) is 5.92 Å². The molecule has 1 fully saturated rings. The largest absolute Gasteiger partial charge is 0.338 e. The lowest BCUT2D eigenvalue weighted by Crippen LogP contribution is -2.46. The van der Waals surface area contributed by atoms with Gasteiger partial charge in [0.1, 0.15) is 0 Å². The molecule has 0 saturated carbocycles. The van der Waals surface area contributed by atoms with Crippen molar-refractivity contribution in [3.8, 4) is 0 Å².